The fourth-order valence-corrected chi connectivity index (χ4v) is 2.18. The van der Waals surface area contributed by atoms with Crippen LogP contribution < -0.4 is 5.32 Å². The Kier molecular flexibility index (Phi) is 2.48. The van der Waals surface area contributed by atoms with Crippen LogP contribution in [0.5, 0.6) is 0 Å². The third-order valence-corrected chi connectivity index (χ3v) is 2.99. The van der Waals surface area contributed by atoms with E-state index in [2.05, 4.69) is 15.3 Å². The van der Waals surface area contributed by atoms with E-state index in [-0.39, 0.29) is 0 Å². The maximum atomic E-state index is 14.4. The predicted molar refractivity (Wildman–Crippen MR) is 63.6 cm³/mol. The van der Waals surface area contributed by atoms with Gasteiger partial charge in [-0.2, -0.15) is 0 Å². The Morgan fingerprint density at radius 2 is 2.24 bits per heavy atom. The summed E-state index contributed by atoms with van der Waals surface area (Å²) in [6.45, 7) is 0.875. The minimum absolute atomic E-state index is 0.356. The molecule has 3 rings (SSSR count). The zero-order chi connectivity index (χ0) is 11.7. The SMILES string of the molecule is FC(c1cnccn1)c1cccc2c1NCC2. The quantitative estimate of drug-likeness (QED) is 0.859. The van der Waals surface area contributed by atoms with E-state index in [1.165, 1.54) is 18.0 Å². The second-order valence-corrected chi connectivity index (χ2v) is 4.05. The number of alkyl halides is 1. The first-order chi connectivity index (χ1) is 8.36. The lowest BCUT2D eigenvalue weighted by Gasteiger charge is -2.12. The molecule has 1 N–H and O–H groups in total. The van der Waals surface area contributed by atoms with Crippen LogP contribution in [0.2, 0.25) is 0 Å². The second-order valence-electron chi connectivity index (χ2n) is 4.05. The highest BCUT2D eigenvalue weighted by molar-refractivity contribution is 5.62. The summed E-state index contributed by atoms with van der Waals surface area (Å²) >= 11 is 0. The van der Waals surface area contributed by atoms with Crippen molar-refractivity contribution in [1.29, 1.82) is 0 Å². The number of benzene rings is 1. The Morgan fingerprint density at radius 3 is 3.06 bits per heavy atom. The molecule has 86 valence electrons. The lowest BCUT2D eigenvalue weighted by molar-refractivity contribution is 0.393. The highest BCUT2D eigenvalue weighted by Gasteiger charge is 2.22. The van der Waals surface area contributed by atoms with Gasteiger partial charge in [-0.15, -0.1) is 0 Å². The van der Waals surface area contributed by atoms with Crippen LogP contribution in [-0.2, 0) is 6.42 Å². The number of hydrogen-bond acceptors (Lipinski definition) is 3. The first-order valence-electron chi connectivity index (χ1n) is 5.62. The summed E-state index contributed by atoms with van der Waals surface area (Å²) in [6, 6.07) is 5.73. The minimum atomic E-state index is -1.22. The van der Waals surface area contributed by atoms with Gasteiger partial charge in [-0.3, -0.25) is 9.97 Å². The molecule has 0 amide bonds. The first kappa shape index (κ1) is 10.2. The molecule has 4 heteroatoms. The van der Waals surface area contributed by atoms with Gasteiger partial charge in [-0.05, 0) is 12.0 Å². The van der Waals surface area contributed by atoms with Crippen molar-refractivity contribution < 1.29 is 4.39 Å². The topological polar surface area (TPSA) is 37.8 Å². The molecule has 0 saturated heterocycles. The summed E-state index contributed by atoms with van der Waals surface area (Å²) in [5, 5.41) is 3.23. The van der Waals surface area contributed by atoms with E-state index in [0.717, 1.165) is 18.7 Å². The van der Waals surface area contributed by atoms with E-state index < -0.39 is 6.17 Å². The minimum Gasteiger partial charge on any atom is -0.384 e. The van der Waals surface area contributed by atoms with Crippen molar-refractivity contribution in [2.75, 3.05) is 11.9 Å². The Hall–Kier alpha value is -1.97. The Labute approximate surface area is 98.7 Å². The lowest BCUT2D eigenvalue weighted by Crippen LogP contribution is -2.02. The normalized spacial score (nSPS) is 15.1. The summed E-state index contributed by atoms with van der Waals surface area (Å²) < 4.78 is 14.4. The van der Waals surface area contributed by atoms with Crippen LogP contribution in [0.1, 0.15) is 23.0 Å². The molecule has 0 aliphatic carbocycles. The van der Waals surface area contributed by atoms with Crippen LogP contribution in [0.15, 0.2) is 36.8 Å². The number of fused-ring (bicyclic) bond motifs is 1. The molecule has 1 unspecified atom stereocenters. The van der Waals surface area contributed by atoms with Gasteiger partial charge >= 0.3 is 0 Å². The molecule has 2 heterocycles. The van der Waals surface area contributed by atoms with E-state index in [1.54, 1.807) is 12.3 Å². The molecule has 1 aromatic heterocycles. The monoisotopic (exact) mass is 229 g/mol. The van der Waals surface area contributed by atoms with Gasteiger partial charge in [0.25, 0.3) is 0 Å². The van der Waals surface area contributed by atoms with Crippen molar-refractivity contribution in [2.45, 2.75) is 12.6 Å². The van der Waals surface area contributed by atoms with Crippen molar-refractivity contribution >= 4 is 5.69 Å². The molecule has 0 bridgehead atoms. The molecule has 1 aromatic carbocycles. The summed E-state index contributed by atoms with van der Waals surface area (Å²) in [6.07, 6.45) is 4.27. The molecule has 0 saturated carbocycles. The molecule has 1 aliphatic heterocycles. The summed E-state index contributed by atoms with van der Waals surface area (Å²) in [7, 11) is 0. The molecular formula is C13H12FN3. The van der Waals surface area contributed by atoms with E-state index in [4.69, 9.17) is 0 Å². The van der Waals surface area contributed by atoms with Crippen LogP contribution in [0.4, 0.5) is 10.1 Å². The fraction of sp³-hybridized carbons (Fsp3) is 0.231. The van der Waals surface area contributed by atoms with E-state index in [0.29, 0.717) is 11.3 Å². The van der Waals surface area contributed by atoms with Crippen LogP contribution in [0, 0.1) is 0 Å². The predicted octanol–water partition coefficient (Wildman–Crippen LogP) is 2.50. The van der Waals surface area contributed by atoms with E-state index >= 15 is 0 Å². The number of hydrogen-bond donors (Lipinski definition) is 1. The summed E-state index contributed by atoms with van der Waals surface area (Å²) in [4.78, 5) is 7.92. The third kappa shape index (κ3) is 1.75. The van der Waals surface area contributed by atoms with Gasteiger partial charge in [0.2, 0.25) is 0 Å². The molecule has 2 aromatic rings. The summed E-state index contributed by atoms with van der Waals surface area (Å²) in [5.74, 6) is 0. The standard InChI is InChI=1S/C13H12FN3/c14-12(11-8-15-6-7-16-11)10-3-1-2-9-4-5-17-13(9)10/h1-3,6-8,12,17H,4-5H2. The number of anilines is 1. The average molecular weight is 229 g/mol. The zero-order valence-electron chi connectivity index (χ0n) is 9.23. The molecule has 1 aliphatic rings. The largest absolute Gasteiger partial charge is 0.384 e. The maximum Gasteiger partial charge on any atom is 0.170 e. The number of nitrogens with one attached hydrogen (secondary N) is 1. The van der Waals surface area contributed by atoms with E-state index in [1.807, 2.05) is 12.1 Å². The van der Waals surface area contributed by atoms with Gasteiger partial charge in [0.1, 0.15) is 0 Å². The number of aromatic nitrogens is 2. The Morgan fingerprint density at radius 1 is 1.29 bits per heavy atom. The second kappa shape index (κ2) is 4.13. The van der Waals surface area contributed by atoms with Crippen molar-refractivity contribution in [2.24, 2.45) is 0 Å². The number of para-hydroxylation sites is 1. The van der Waals surface area contributed by atoms with Gasteiger partial charge in [-0.25, -0.2) is 4.39 Å². The van der Waals surface area contributed by atoms with E-state index in [9.17, 15) is 4.39 Å². The third-order valence-electron chi connectivity index (χ3n) is 2.99. The Bertz CT molecular complexity index is 527. The van der Waals surface area contributed by atoms with Gasteiger partial charge in [0.05, 0.1) is 11.9 Å². The van der Waals surface area contributed by atoms with Crippen molar-refractivity contribution in [1.82, 2.24) is 9.97 Å². The molecule has 17 heavy (non-hydrogen) atoms. The first-order valence-corrected chi connectivity index (χ1v) is 5.62. The van der Waals surface area contributed by atoms with Gasteiger partial charge in [0, 0.05) is 30.2 Å². The fourth-order valence-electron chi connectivity index (χ4n) is 2.18. The van der Waals surface area contributed by atoms with Gasteiger partial charge in [0.15, 0.2) is 6.17 Å². The van der Waals surface area contributed by atoms with Gasteiger partial charge < -0.3 is 5.32 Å². The van der Waals surface area contributed by atoms with Gasteiger partial charge in [-0.1, -0.05) is 18.2 Å². The van der Waals surface area contributed by atoms with Crippen LogP contribution in [-0.4, -0.2) is 16.5 Å². The lowest BCUT2D eigenvalue weighted by atomic mass is 10.0. The molecular weight excluding hydrogens is 217 g/mol. The van der Waals surface area contributed by atoms with Crippen LogP contribution in [0.25, 0.3) is 0 Å². The molecule has 0 spiro atoms. The molecule has 0 fully saturated rings. The molecule has 0 radical (unpaired) electrons. The zero-order valence-corrected chi connectivity index (χ0v) is 9.23. The molecule has 3 nitrogen and oxygen atoms in total. The highest BCUT2D eigenvalue weighted by Crippen LogP contribution is 2.35. The number of halogens is 1. The smallest absolute Gasteiger partial charge is 0.170 e. The van der Waals surface area contributed by atoms with Crippen LogP contribution in [0.3, 0.4) is 0 Å². The number of rotatable bonds is 2. The van der Waals surface area contributed by atoms with Crippen molar-refractivity contribution in [3.63, 3.8) is 0 Å². The van der Waals surface area contributed by atoms with Crippen LogP contribution >= 0.6 is 0 Å². The highest BCUT2D eigenvalue weighted by atomic mass is 19.1. The number of nitrogens with zero attached hydrogens (tertiary/aromatic N) is 2. The Balaban J connectivity index is 2.03. The van der Waals surface area contributed by atoms with Crippen molar-refractivity contribution in [3.8, 4) is 0 Å². The summed E-state index contributed by atoms with van der Waals surface area (Å²) in [5.41, 5.74) is 3.11. The average Bonchev–Trinajstić information content (AvgIpc) is 2.87. The van der Waals surface area contributed by atoms with Crippen molar-refractivity contribution in [3.05, 3.63) is 53.6 Å². The molecule has 1 atom stereocenters. The maximum absolute atomic E-state index is 14.4.